The molecule has 9 heterocycles. The second-order valence-corrected chi connectivity index (χ2v) is 38.5. The molecule has 0 saturated carbocycles. The van der Waals surface area contributed by atoms with Crippen molar-refractivity contribution in [1.82, 2.24) is 39.9 Å². The molecule has 21 rings (SSSR count). The first-order valence-corrected chi connectivity index (χ1v) is 49.6. The average Bonchev–Trinajstić information content (AvgIpc) is 1.65. The fourth-order valence-corrected chi connectivity index (χ4v) is 24.1. The molecule has 127 heavy (non-hydrogen) atoms. The number of benzene rings is 12. The van der Waals surface area contributed by atoms with Crippen LogP contribution in [0.15, 0.2) is 255 Å². The lowest BCUT2D eigenvalue weighted by atomic mass is 9.98. The number of fused-ring (bicyclic) bond motifs is 12. The van der Waals surface area contributed by atoms with Crippen molar-refractivity contribution in [2.45, 2.75) is 156 Å². The molecular formula is C108H93F3N10S6. The molecule has 632 valence electrons. The Morgan fingerprint density at radius 3 is 0.795 bits per heavy atom. The Bertz CT molecular complexity index is 6910. The van der Waals surface area contributed by atoms with Crippen LogP contribution in [0.25, 0.3) is 195 Å². The summed E-state index contributed by atoms with van der Waals surface area (Å²) in [6.07, 6.45) is 22.4. The molecule has 0 N–H and O–H groups in total. The third kappa shape index (κ3) is 15.6. The van der Waals surface area contributed by atoms with Gasteiger partial charge in [0, 0.05) is 165 Å². The van der Waals surface area contributed by atoms with Crippen LogP contribution in [0.5, 0.6) is 0 Å². The van der Waals surface area contributed by atoms with E-state index in [0.29, 0.717) is 83.2 Å². The number of aryl methyl sites for hydroxylation is 3. The van der Waals surface area contributed by atoms with Crippen molar-refractivity contribution in [3.63, 3.8) is 0 Å². The molecule has 0 aliphatic rings. The number of para-hydroxylation sites is 3. The third-order valence-corrected chi connectivity index (χ3v) is 30.8. The molecule has 0 spiro atoms. The van der Waals surface area contributed by atoms with Crippen molar-refractivity contribution < 1.29 is 13.2 Å². The summed E-state index contributed by atoms with van der Waals surface area (Å²) < 4.78 is 89.0. The number of halogens is 3. The van der Waals surface area contributed by atoms with E-state index in [2.05, 4.69) is 203 Å². The monoisotopic (exact) mass is 1780 g/mol. The van der Waals surface area contributed by atoms with Crippen LogP contribution in [0, 0.1) is 17.5 Å². The van der Waals surface area contributed by atoms with Crippen LogP contribution in [0.3, 0.4) is 0 Å². The molecule has 0 bridgehead atoms. The minimum Gasteiger partial charge on any atom is -0.340 e. The number of thiophene rings is 3. The minimum absolute atomic E-state index is 0.358. The minimum atomic E-state index is -0.408. The van der Waals surface area contributed by atoms with Crippen LogP contribution in [-0.4, -0.2) is 39.9 Å². The molecule has 0 fully saturated rings. The molecule has 0 aliphatic carbocycles. The zero-order chi connectivity index (χ0) is 85.6. The van der Waals surface area contributed by atoms with Crippen molar-refractivity contribution in [2.75, 3.05) is 4.90 Å². The smallest absolute Gasteiger partial charge is 0.134 e. The topological polar surface area (TPSA) is 95.4 Å². The summed E-state index contributed by atoms with van der Waals surface area (Å²) in [5, 5.41) is 7.44. The first-order chi connectivity index (χ1) is 62.6. The van der Waals surface area contributed by atoms with E-state index >= 15 is 13.2 Å². The Hall–Kier alpha value is -11.8. The van der Waals surface area contributed by atoms with Crippen LogP contribution >= 0.6 is 69.2 Å². The van der Waals surface area contributed by atoms with Gasteiger partial charge in [-0.25, -0.2) is 13.2 Å². The maximum absolute atomic E-state index is 17.5. The predicted octanol–water partition coefficient (Wildman–Crippen LogP) is 34.2. The summed E-state index contributed by atoms with van der Waals surface area (Å²) in [6.45, 7) is 9.74. The van der Waals surface area contributed by atoms with E-state index in [0.717, 1.165) is 137 Å². The molecular weight excluding hydrogens is 1690 g/mol. The van der Waals surface area contributed by atoms with Gasteiger partial charge in [-0.1, -0.05) is 226 Å². The SMILES string of the molecule is CCCCCCCCn1c2ccccc2c2cc(-c3ccc(-c4cc(F)c(-c5ccc(N(c6ccc(-c7c(F)cc(-c8ccc(-c9ccc%10c(c9)c9ccccc9n%10CCCCCCCC)s8)c8nsnc78)cc6)c6ccc(-c7c(F)cc(-c8ccc(-c9ccc%10c(c9)c9ccccc9n%10CCCCCCCC)s8)c8nsnc78)cc6)cc5)c5nsnc45)s3)ccc21. The lowest BCUT2D eigenvalue weighted by Gasteiger charge is -2.26. The molecule has 0 atom stereocenters. The lowest BCUT2D eigenvalue weighted by molar-refractivity contribution is 0.571. The Balaban J connectivity index is 0.590. The maximum atomic E-state index is 17.5. The molecule has 19 heteroatoms. The van der Waals surface area contributed by atoms with Gasteiger partial charge >= 0.3 is 0 Å². The highest BCUT2D eigenvalue weighted by Gasteiger charge is 2.28. The number of hydrogen-bond acceptors (Lipinski definition) is 13. The Labute approximate surface area is 760 Å². The van der Waals surface area contributed by atoms with Gasteiger partial charge in [0.1, 0.15) is 50.6 Å². The fourth-order valence-electron chi connectivity index (χ4n) is 19.3. The summed E-state index contributed by atoms with van der Waals surface area (Å²) in [5.41, 5.74) is 21.5. The quantitative estimate of drug-likeness (QED) is 0.0378. The van der Waals surface area contributed by atoms with Gasteiger partial charge in [-0.15, -0.1) is 34.0 Å². The van der Waals surface area contributed by atoms with E-state index in [-0.39, 0.29) is 0 Å². The van der Waals surface area contributed by atoms with Gasteiger partial charge in [0.2, 0.25) is 0 Å². The molecule has 0 radical (unpaired) electrons. The van der Waals surface area contributed by atoms with Gasteiger partial charge in [0.15, 0.2) is 0 Å². The van der Waals surface area contributed by atoms with E-state index in [9.17, 15) is 0 Å². The van der Waals surface area contributed by atoms with E-state index < -0.39 is 17.5 Å². The van der Waals surface area contributed by atoms with E-state index in [4.69, 9.17) is 26.2 Å². The highest BCUT2D eigenvalue weighted by atomic mass is 32.1. The summed E-state index contributed by atoms with van der Waals surface area (Å²) in [5.74, 6) is -1.22. The summed E-state index contributed by atoms with van der Waals surface area (Å²) >= 11 is 8.12. The summed E-state index contributed by atoms with van der Waals surface area (Å²) in [4.78, 5) is 8.05. The van der Waals surface area contributed by atoms with E-state index in [1.807, 2.05) is 72.8 Å². The number of anilines is 3. The van der Waals surface area contributed by atoms with E-state index in [1.165, 1.54) is 162 Å². The number of unbranched alkanes of at least 4 members (excludes halogenated alkanes) is 15. The van der Waals surface area contributed by atoms with Crippen LogP contribution in [-0.2, 0) is 19.6 Å². The van der Waals surface area contributed by atoms with Gasteiger partial charge in [0.25, 0.3) is 0 Å². The first kappa shape index (κ1) is 82.2. The normalized spacial score (nSPS) is 12.0. The van der Waals surface area contributed by atoms with Crippen LogP contribution in [0.2, 0.25) is 0 Å². The van der Waals surface area contributed by atoms with Crippen molar-refractivity contribution in [2.24, 2.45) is 0 Å². The molecule has 0 amide bonds. The van der Waals surface area contributed by atoms with Crippen molar-refractivity contribution in [3.05, 3.63) is 272 Å². The highest BCUT2D eigenvalue weighted by molar-refractivity contribution is 7.19. The Morgan fingerprint density at radius 2 is 0.496 bits per heavy atom. The number of hydrogen-bond donors (Lipinski definition) is 0. The number of rotatable bonds is 33. The number of aromatic nitrogens is 9. The van der Waals surface area contributed by atoms with Gasteiger partial charge in [-0.2, -0.15) is 26.2 Å². The van der Waals surface area contributed by atoms with Crippen LogP contribution < -0.4 is 4.90 Å². The van der Waals surface area contributed by atoms with Gasteiger partial charge in [-0.3, -0.25) is 0 Å². The molecule has 10 nitrogen and oxygen atoms in total. The first-order valence-electron chi connectivity index (χ1n) is 44.9. The Morgan fingerprint density at radius 1 is 0.244 bits per heavy atom. The predicted molar refractivity (Wildman–Crippen MR) is 536 cm³/mol. The third-order valence-electron chi connectivity index (χ3n) is 25.7. The molecule has 0 unspecified atom stereocenters. The van der Waals surface area contributed by atoms with E-state index in [1.54, 1.807) is 52.2 Å². The fraction of sp³-hybridized carbons (Fsp3) is 0.222. The zero-order valence-electron chi connectivity index (χ0n) is 71.2. The molecule has 12 aromatic carbocycles. The largest absolute Gasteiger partial charge is 0.340 e. The van der Waals surface area contributed by atoms with Crippen molar-refractivity contribution >= 4 is 185 Å². The summed E-state index contributed by atoms with van der Waals surface area (Å²) in [6, 6.07) is 87.6. The second kappa shape index (κ2) is 36.1. The molecule has 0 aliphatic heterocycles. The van der Waals surface area contributed by atoms with Gasteiger partial charge in [-0.05, 0) is 198 Å². The molecule has 21 aromatic rings. The Kier molecular flexibility index (Phi) is 23.4. The summed E-state index contributed by atoms with van der Waals surface area (Å²) in [7, 11) is 0. The van der Waals surface area contributed by atoms with Crippen molar-refractivity contribution in [1.29, 1.82) is 0 Å². The van der Waals surface area contributed by atoms with Crippen LogP contribution in [0.1, 0.15) is 136 Å². The maximum Gasteiger partial charge on any atom is 0.134 e. The van der Waals surface area contributed by atoms with Crippen molar-refractivity contribution in [3.8, 4) is 96.0 Å². The molecule has 9 aromatic heterocycles. The average molecular weight is 1780 g/mol. The lowest BCUT2D eigenvalue weighted by Crippen LogP contribution is -2.10. The standard InChI is InChI=1S/C108H93F3N10S6/c1-4-7-10-13-16-25-58-118-88-31-22-19-28-76(88)79-61-70(40-49-91(79)118)94-52-55-97(122-94)82-64-85(109)100(106-103(82)112-125-115-106)67-34-43-73(44-35-67)121(74-45-36-68(37-46-74)101-86(110)65-83(104-107(101)116-126-113-104)98-56-53-95(123-98)71-41-50-92-80(62-71)77-29-20-23-32-89(77)119(92)59-26-17-14-11-8-5-2)75-47-38-69(39-48-75)102-87(111)66-84(105-108(102)117-127-114-105)99-57-54-96(124-99)72-42-51-93-81(63-72)78-30-21-24-33-90(78)120(93)60-27-18-15-12-9-6-3/h19-24,28-57,61-66H,4-18,25-27,58-60H2,1-3H3. The number of nitrogens with zero attached hydrogens (tertiary/aromatic N) is 10. The second-order valence-electron chi connectivity index (χ2n) is 33.7. The molecule has 0 saturated heterocycles. The van der Waals surface area contributed by atoms with Gasteiger partial charge < -0.3 is 18.6 Å². The zero-order valence-corrected chi connectivity index (χ0v) is 76.1. The highest BCUT2D eigenvalue weighted by Crippen LogP contribution is 2.50. The van der Waals surface area contributed by atoms with Gasteiger partial charge in [0.05, 0.1) is 35.2 Å². The van der Waals surface area contributed by atoms with Crippen LogP contribution in [0.4, 0.5) is 30.2 Å².